The molecular formula is C33H66N4O6. The molecule has 1 aliphatic carbocycles. The minimum atomic E-state index is -0.215. The number of hydrogen-bond donors (Lipinski definition) is 4. The van der Waals surface area contributed by atoms with Gasteiger partial charge in [0.1, 0.15) is 11.9 Å². The highest BCUT2D eigenvalue weighted by molar-refractivity contribution is 5.85. The van der Waals surface area contributed by atoms with Crippen LogP contribution in [0.2, 0.25) is 0 Å². The van der Waals surface area contributed by atoms with E-state index in [9.17, 15) is 24.0 Å². The highest BCUT2D eigenvalue weighted by Gasteiger charge is 2.36. The standard InChI is InChI=1S/2C9H17NO2.C8H17NO.C7H15NO/c1-6(2)10-9(11)8(12-3)7-4-5-7;1-6(2)10-9(12)7(3)5-8(4)11;1-5-7(4)8(10)9-6(2)3;1-4-5-7(9)8-6(2)3/h6-8H,4-5H2,1-3H3,(H,10,11);6-7H,5H2,1-4H3,(H,10,12);6-7H,5H2,1-4H3,(H,9,10);6H,4-5H2,1-3H3,(H,8,9). The van der Waals surface area contributed by atoms with Gasteiger partial charge in [0.15, 0.2) is 0 Å². The fraction of sp³-hybridized carbons (Fsp3) is 0.848. The fourth-order valence-corrected chi connectivity index (χ4v) is 3.46. The van der Waals surface area contributed by atoms with Crippen LogP contribution in [0.4, 0.5) is 0 Å². The zero-order valence-corrected chi connectivity index (χ0v) is 29.8. The van der Waals surface area contributed by atoms with Crippen LogP contribution < -0.4 is 21.3 Å². The largest absolute Gasteiger partial charge is 0.371 e. The Kier molecular flexibility index (Phi) is 27.1. The van der Waals surface area contributed by atoms with Crippen LogP contribution in [0.25, 0.3) is 0 Å². The smallest absolute Gasteiger partial charge is 0.249 e. The molecule has 1 fully saturated rings. The van der Waals surface area contributed by atoms with Gasteiger partial charge >= 0.3 is 0 Å². The van der Waals surface area contributed by atoms with Crippen molar-refractivity contribution in [1.29, 1.82) is 0 Å². The maximum Gasteiger partial charge on any atom is 0.249 e. The van der Waals surface area contributed by atoms with Gasteiger partial charge in [-0.2, -0.15) is 0 Å². The first kappa shape index (κ1) is 44.9. The van der Waals surface area contributed by atoms with Gasteiger partial charge in [-0.25, -0.2) is 0 Å². The summed E-state index contributed by atoms with van der Waals surface area (Å²) < 4.78 is 5.12. The van der Waals surface area contributed by atoms with Crippen molar-refractivity contribution in [3.05, 3.63) is 0 Å². The molecule has 3 unspecified atom stereocenters. The summed E-state index contributed by atoms with van der Waals surface area (Å²) in [6.07, 6.45) is 4.87. The van der Waals surface area contributed by atoms with Gasteiger partial charge in [-0.15, -0.1) is 0 Å². The van der Waals surface area contributed by atoms with Gasteiger partial charge in [0, 0.05) is 56.0 Å². The number of methoxy groups -OCH3 is 1. The monoisotopic (exact) mass is 614 g/mol. The lowest BCUT2D eigenvalue weighted by molar-refractivity contribution is -0.132. The van der Waals surface area contributed by atoms with Gasteiger partial charge in [0.05, 0.1) is 0 Å². The van der Waals surface area contributed by atoms with Crippen LogP contribution in [0.3, 0.4) is 0 Å². The van der Waals surface area contributed by atoms with Crippen LogP contribution >= 0.6 is 0 Å². The Morgan fingerprint density at radius 2 is 1.05 bits per heavy atom. The molecule has 0 bridgehead atoms. The Hall–Kier alpha value is -2.49. The number of ketones is 1. The van der Waals surface area contributed by atoms with Gasteiger partial charge in [-0.1, -0.05) is 27.7 Å². The SMILES string of the molecule is CC(=O)CC(C)C(=O)NC(C)C.CCC(C)C(=O)NC(C)C.CCCC(=O)NC(C)C.COC(C(=O)NC(C)C)C1CC1. The van der Waals surface area contributed by atoms with Crippen LogP contribution in [-0.4, -0.2) is 66.8 Å². The zero-order chi connectivity index (χ0) is 34.3. The summed E-state index contributed by atoms with van der Waals surface area (Å²) in [5.41, 5.74) is 0. The molecule has 4 N–H and O–H groups in total. The molecule has 0 spiro atoms. The van der Waals surface area contributed by atoms with Crippen LogP contribution in [0.15, 0.2) is 0 Å². The van der Waals surface area contributed by atoms with Crippen molar-refractivity contribution < 1.29 is 28.7 Å². The Bertz CT molecular complexity index is 794. The molecule has 254 valence electrons. The minimum absolute atomic E-state index is 0.0370. The van der Waals surface area contributed by atoms with Gasteiger partial charge in [-0.05, 0) is 93.9 Å². The highest BCUT2D eigenvalue weighted by atomic mass is 16.5. The molecule has 1 saturated carbocycles. The topological polar surface area (TPSA) is 143 Å². The molecule has 1 rings (SSSR count). The van der Waals surface area contributed by atoms with Crippen LogP contribution in [0.5, 0.6) is 0 Å². The third-order valence-electron chi connectivity index (χ3n) is 5.88. The molecule has 0 aromatic heterocycles. The number of hydrogen-bond acceptors (Lipinski definition) is 6. The van der Waals surface area contributed by atoms with Crippen molar-refractivity contribution in [1.82, 2.24) is 21.3 Å². The molecule has 10 heteroatoms. The van der Waals surface area contributed by atoms with Crippen molar-refractivity contribution >= 4 is 29.4 Å². The summed E-state index contributed by atoms with van der Waals surface area (Å²) in [6.45, 7) is 24.8. The van der Waals surface area contributed by atoms with E-state index in [-0.39, 0.29) is 71.5 Å². The first-order chi connectivity index (χ1) is 19.8. The number of nitrogens with one attached hydrogen (secondary N) is 4. The summed E-state index contributed by atoms with van der Waals surface area (Å²) in [6, 6.07) is 0.895. The average Bonchev–Trinajstić information content (AvgIpc) is 3.68. The molecule has 0 radical (unpaired) electrons. The van der Waals surface area contributed by atoms with Crippen molar-refractivity contribution in [2.75, 3.05) is 7.11 Å². The van der Waals surface area contributed by atoms with Crippen molar-refractivity contribution in [3.8, 4) is 0 Å². The van der Waals surface area contributed by atoms with E-state index in [4.69, 9.17) is 4.74 Å². The van der Waals surface area contributed by atoms with E-state index in [0.717, 1.165) is 25.7 Å². The predicted octanol–water partition coefficient (Wildman–Crippen LogP) is 4.93. The van der Waals surface area contributed by atoms with E-state index < -0.39 is 0 Å². The number of carbonyl (C=O) groups excluding carboxylic acids is 5. The second-order valence-electron chi connectivity index (χ2n) is 12.6. The van der Waals surface area contributed by atoms with Gasteiger partial charge in [0.2, 0.25) is 23.6 Å². The summed E-state index contributed by atoms with van der Waals surface area (Å²) in [7, 11) is 1.60. The van der Waals surface area contributed by atoms with E-state index in [0.29, 0.717) is 18.8 Å². The second kappa shape index (κ2) is 26.0. The molecule has 1 aliphatic rings. The van der Waals surface area contributed by atoms with Gasteiger partial charge in [0.25, 0.3) is 0 Å². The first-order valence-corrected chi connectivity index (χ1v) is 16.0. The molecule has 0 heterocycles. The van der Waals surface area contributed by atoms with E-state index in [2.05, 4.69) is 21.3 Å². The van der Waals surface area contributed by atoms with E-state index >= 15 is 0 Å². The fourth-order valence-electron chi connectivity index (χ4n) is 3.46. The zero-order valence-electron chi connectivity index (χ0n) is 29.8. The third-order valence-corrected chi connectivity index (χ3v) is 5.88. The molecule has 0 aromatic rings. The summed E-state index contributed by atoms with van der Waals surface area (Å²) >= 11 is 0. The quantitative estimate of drug-likeness (QED) is 0.219. The molecule has 0 aliphatic heterocycles. The van der Waals surface area contributed by atoms with Crippen LogP contribution in [0, 0.1) is 17.8 Å². The first-order valence-electron chi connectivity index (χ1n) is 16.0. The summed E-state index contributed by atoms with van der Waals surface area (Å²) in [4.78, 5) is 55.1. The lowest BCUT2D eigenvalue weighted by Crippen LogP contribution is -2.40. The summed E-state index contributed by atoms with van der Waals surface area (Å²) in [5.74, 6) is 0.794. The normalized spacial score (nSPS) is 14.1. The number of amides is 4. The maximum absolute atomic E-state index is 11.4. The molecular weight excluding hydrogens is 548 g/mol. The molecule has 43 heavy (non-hydrogen) atoms. The Morgan fingerprint density at radius 1 is 0.651 bits per heavy atom. The molecule has 4 amide bonds. The Morgan fingerprint density at radius 3 is 1.35 bits per heavy atom. The molecule has 10 nitrogen and oxygen atoms in total. The Balaban J connectivity index is -0.000000500. The highest BCUT2D eigenvalue weighted by Crippen LogP contribution is 2.34. The lowest BCUT2D eigenvalue weighted by atomic mass is 10.0. The lowest BCUT2D eigenvalue weighted by Gasteiger charge is -2.16. The van der Waals surface area contributed by atoms with Crippen molar-refractivity contribution in [2.45, 2.75) is 159 Å². The summed E-state index contributed by atoms with van der Waals surface area (Å²) in [5, 5.41) is 11.3. The number of Topliss-reactive ketones (excluding diaryl/α,β-unsaturated/α-hetero) is 1. The molecule has 3 atom stereocenters. The molecule has 0 aromatic carbocycles. The second-order valence-corrected chi connectivity index (χ2v) is 12.6. The number of rotatable bonds is 14. The van der Waals surface area contributed by atoms with Gasteiger partial charge < -0.3 is 30.8 Å². The average molecular weight is 615 g/mol. The third kappa shape index (κ3) is 29.4. The minimum Gasteiger partial charge on any atom is -0.371 e. The molecule has 0 saturated heterocycles. The maximum atomic E-state index is 11.4. The van der Waals surface area contributed by atoms with E-state index in [1.54, 1.807) is 14.0 Å². The number of ether oxygens (including phenoxy) is 1. The van der Waals surface area contributed by atoms with Crippen LogP contribution in [-0.2, 0) is 28.7 Å². The van der Waals surface area contributed by atoms with Gasteiger partial charge in [-0.3, -0.25) is 19.2 Å². The van der Waals surface area contributed by atoms with E-state index in [1.165, 1.54) is 6.92 Å². The number of carbonyl (C=O) groups is 5. The van der Waals surface area contributed by atoms with Crippen molar-refractivity contribution in [2.24, 2.45) is 17.8 Å². The Labute approximate surface area is 263 Å². The van der Waals surface area contributed by atoms with E-state index in [1.807, 2.05) is 76.2 Å². The predicted molar refractivity (Wildman–Crippen MR) is 175 cm³/mol. The van der Waals surface area contributed by atoms with Crippen LogP contribution in [0.1, 0.15) is 129 Å². The van der Waals surface area contributed by atoms with Crippen molar-refractivity contribution in [3.63, 3.8) is 0 Å².